The van der Waals surface area contributed by atoms with Crippen LogP contribution >= 0.6 is 0 Å². The van der Waals surface area contributed by atoms with E-state index >= 15 is 0 Å². The fourth-order valence-corrected chi connectivity index (χ4v) is 3.46. The molecule has 132 valence electrons. The summed E-state index contributed by atoms with van der Waals surface area (Å²) < 4.78 is 12.2. The van der Waals surface area contributed by atoms with E-state index in [1.54, 1.807) is 0 Å². The van der Waals surface area contributed by atoms with Crippen molar-refractivity contribution in [3.8, 4) is 0 Å². The molecule has 1 aromatic carbocycles. The lowest BCUT2D eigenvalue weighted by atomic mass is 9.79. The molecule has 5 heteroatoms. The molecule has 0 amide bonds. The van der Waals surface area contributed by atoms with Crippen LogP contribution in [-0.2, 0) is 15.9 Å². The Morgan fingerprint density at radius 2 is 1.75 bits per heavy atom. The summed E-state index contributed by atoms with van der Waals surface area (Å²) in [6, 6.07) is 8.57. The van der Waals surface area contributed by atoms with Gasteiger partial charge in [0.2, 0.25) is 0 Å². The van der Waals surface area contributed by atoms with Crippen molar-refractivity contribution in [3.05, 3.63) is 29.8 Å². The molecular formula is C19H30BNO3. The molecule has 0 aromatic heterocycles. The summed E-state index contributed by atoms with van der Waals surface area (Å²) in [7, 11) is -0.294. The molecule has 0 radical (unpaired) electrons. The van der Waals surface area contributed by atoms with E-state index in [1.807, 2.05) is 0 Å². The van der Waals surface area contributed by atoms with E-state index in [4.69, 9.17) is 9.31 Å². The van der Waals surface area contributed by atoms with Gasteiger partial charge >= 0.3 is 7.12 Å². The number of aliphatic hydroxyl groups excluding tert-OH is 1. The summed E-state index contributed by atoms with van der Waals surface area (Å²) in [6.45, 7) is 11.7. The first-order valence-corrected chi connectivity index (χ1v) is 9.08. The topological polar surface area (TPSA) is 41.9 Å². The van der Waals surface area contributed by atoms with Gasteiger partial charge in [-0.2, -0.15) is 0 Å². The number of aliphatic hydroxyl groups is 1. The third-order valence-electron chi connectivity index (χ3n) is 5.77. The summed E-state index contributed by atoms with van der Waals surface area (Å²) in [5.41, 5.74) is 1.77. The summed E-state index contributed by atoms with van der Waals surface area (Å²) in [5.74, 6) is 0.433. The second-order valence-electron chi connectivity index (χ2n) is 8.26. The van der Waals surface area contributed by atoms with Gasteiger partial charge in [-0.3, -0.25) is 4.90 Å². The zero-order valence-corrected chi connectivity index (χ0v) is 15.4. The standard InChI is InChI=1S/C19H30BNO3/c1-18(2)19(3,4)24-20(23-18)17-9-7-15(8-10-17)12-21-11-5-6-16(13-21)14-22/h7-10,16,22H,5-6,11-14H2,1-4H3. The van der Waals surface area contributed by atoms with Gasteiger partial charge in [0.05, 0.1) is 11.2 Å². The maximum absolute atomic E-state index is 9.36. The molecular weight excluding hydrogens is 301 g/mol. The zero-order valence-electron chi connectivity index (χ0n) is 15.4. The number of likely N-dealkylation sites (tertiary alicyclic amines) is 1. The number of piperidine rings is 1. The molecule has 24 heavy (non-hydrogen) atoms. The van der Waals surface area contributed by atoms with Crippen molar-refractivity contribution in [2.75, 3.05) is 19.7 Å². The van der Waals surface area contributed by atoms with Gasteiger partial charge in [-0.05, 0) is 64.0 Å². The van der Waals surface area contributed by atoms with Crippen molar-refractivity contribution >= 4 is 12.6 Å². The van der Waals surface area contributed by atoms with Gasteiger partial charge in [-0.15, -0.1) is 0 Å². The number of benzene rings is 1. The van der Waals surface area contributed by atoms with Crippen molar-refractivity contribution in [2.24, 2.45) is 5.92 Å². The van der Waals surface area contributed by atoms with Gasteiger partial charge in [0.25, 0.3) is 0 Å². The molecule has 0 saturated carbocycles. The van der Waals surface area contributed by atoms with Crippen LogP contribution in [0.4, 0.5) is 0 Å². The van der Waals surface area contributed by atoms with Crippen LogP contribution in [0.5, 0.6) is 0 Å². The van der Waals surface area contributed by atoms with E-state index in [-0.39, 0.29) is 18.3 Å². The Morgan fingerprint density at radius 3 is 2.33 bits per heavy atom. The third-order valence-corrected chi connectivity index (χ3v) is 5.77. The summed E-state index contributed by atoms with van der Waals surface area (Å²) in [4.78, 5) is 2.44. The molecule has 2 saturated heterocycles. The van der Waals surface area contributed by atoms with Gasteiger partial charge in [0, 0.05) is 19.7 Å². The summed E-state index contributed by atoms with van der Waals surface area (Å²) in [6.07, 6.45) is 2.32. The van der Waals surface area contributed by atoms with Crippen molar-refractivity contribution in [1.82, 2.24) is 4.90 Å². The number of rotatable bonds is 4. The second kappa shape index (κ2) is 6.79. The predicted molar refractivity (Wildman–Crippen MR) is 97.2 cm³/mol. The number of hydrogen-bond donors (Lipinski definition) is 1. The highest BCUT2D eigenvalue weighted by atomic mass is 16.7. The van der Waals surface area contributed by atoms with E-state index in [2.05, 4.69) is 56.9 Å². The molecule has 1 unspecified atom stereocenters. The molecule has 1 N–H and O–H groups in total. The molecule has 2 aliphatic heterocycles. The van der Waals surface area contributed by atoms with Gasteiger partial charge in [0.1, 0.15) is 0 Å². The Kier molecular flexibility index (Phi) is 5.08. The predicted octanol–water partition coefficient (Wildman–Crippen LogP) is 2.19. The molecule has 4 nitrogen and oxygen atoms in total. The summed E-state index contributed by atoms with van der Waals surface area (Å²) in [5, 5.41) is 9.36. The SMILES string of the molecule is CC1(C)OB(c2ccc(CN3CCCC(CO)C3)cc2)OC1(C)C. The van der Waals surface area contributed by atoms with Crippen molar-refractivity contribution < 1.29 is 14.4 Å². The molecule has 1 aromatic rings. The van der Waals surface area contributed by atoms with Crippen molar-refractivity contribution in [2.45, 2.75) is 58.3 Å². The van der Waals surface area contributed by atoms with Gasteiger partial charge in [-0.1, -0.05) is 24.3 Å². The van der Waals surface area contributed by atoms with E-state index in [9.17, 15) is 5.11 Å². The maximum atomic E-state index is 9.36. The van der Waals surface area contributed by atoms with Crippen LogP contribution in [-0.4, -0.2) is 48.0 Å². The van der Waals surface area contributed by atoms with E-state index in [1.165, 1.54) is 12.0 Å². The first-order valence-electron chi connectivity index (χ1n) is 9.08. The minimum Gasteiger partial charge on any atom is -0.399 e. The molecule has 2 heterocycles. The highest BCUT2D eigenvalue weighted by Crippen LogP contribution is 2.36. The normalized spacial score (nSPS) is 26.7. The Morgan fingerprint density at radius 1 is 1.12 bits per heavy atom. The molecule has 3 rings (SSSR count). The van der Waals surface area contributed by atoms with Crippen molar-refractivity contribution in [1.29, 1.82) is 0 Å². The fraction of sp³-hybridized carbons (Fsp3) is 0.684. The summed E-state index contributed by atoms with van der Waals surface area (Å²) >= 11 is 0. The van der Waals surface area contributed by atoms with Crippen LogP contribution in [0.15, 0.2) is 24.3 Å². The lowest BCUT2D eigenvalue weighted by Gasteiger charge is -2.32. The quantitative estimate of drug-likeness (QED) is 0.859. The van der Waals surface area contributed by atoms with Crippen LogP contribution in [0.3, 0.4) is 0 Å². The molecule has 0 spiro atoms. The lowest BCUT2D eigenvalue weighted by Crippen LogP contribution is -2.41. The van der Waals surface area contributed by atoms with Crippen molar-refractivity contribution in [3.63, 3.8) is 0 Å². The Bertz CT molecular complexity index is 542. The number of hydrogen-bond acceptors (Lipinski definition) is 4. The average Bonchev–Trinajstić information content (AvgIpc) is 2.76. The van der Waals surface area contributed by atoms with Gasteiger partial charge < -0.3 is 14.4 Å². The minimum absolute atomic E-state index is 0.294. The van der Waals surface area contributed by atoms with Crippen LogP contribution in [0.1, 0.15) is 46.1 Å². The molecule has 0 bridgehead atoms. The molecule has 2 fully saturated rings. The zero-order chi connectivity index (χ0) is 17.4. The van der Waals surface area contributed by atoms with Crippen LogP contribution in [0.2, 0.25) is 0 Å². The van der Waals surface area contributed by atoms with E-state index in [0.29, 0.717) is 12.5 Å². The first-order chi connectivity index (χ1) is 11.3. The highest BCUT2D eigenvalue weighted by molar-refractivity contribution is 6.62. The third kappa shape index (κ3) is 3.69. The maximum Gasteiger partial charge on any atom is 0.494 e. The van der Waals surface area contributed by atoms with Crippen LogP contribution in [0.25, 0.3) is 0 Å². The van der Waals surface area contributed by atoms with Crippen LogP contribution < -0.4 is 5.46 Å². The smallest absolute Gasteiger partial charge is 0.399 e. The minimum atomic E-state index is -0.302. The Hall–Kier alpha value is -0.875. The fourth-order valence-electron chi connectivity index (χ4n) is 3.46. The number of nitrogens with zero attached hydrogens (tertiary/aromatic N) is 1. The molecule has 0 aliphatic carbocycles. The van der Waals surface area contributed by atoms with Gasteiger partial charge in [-0.25, -0.2) is 0 Å². The molecule has 1 atom stereocenters. The van der Waals surface area contributed by atoms with Crippen LogP contribution in [0, 0.1) is 5.92 Å². The lowest BCUT2D eigenvalue weighted by molar-refractivity contribution is 0.00578. The van der Waals surface area contributed by atoms with Gasteiger partial charge in [0.15, 0.2) is 0 Å². The van der Waals surface area contributed by atoms with E-state index in [0.717, 1.165) is 31.5 Å². The Balaban J connectivity index is 1.62. The average molecular weight is 331 g/mol. The largest absolute Gasteiger partial charge is 0.494 e. The highest BCUT2D eigenvalue weighted by Gasteiger charge is 2.51. The first kappa shape index (κ1) is 17.9. The molecule has 2 aliphatic rings. The monoisotopic (exact) mass is 331 g/mol. The second-order valence-corrected chi connectivity index (χ2v) is 8.26. The Labute approximate surface area is 146 Å². The van der Waals surface area contributed by atoms with E-state index < -0.39 is 0 Å².